The van der Waals surface area contributed by atoms with Crippen molar-refractivity contribution in [3.8, 4) is 23.0 Å². The van der Waals surface area contributed by atoms with Crippen LogP contribution in [0.4, 0.5) is 5.82 Å². The van der Waals surface area contributed by atoms with Crippen molar-refractivity contribution in [2.75, 3.05) is 26.6 Å². The molecular weight excluding hydrogens is 336 g/mol. The number of aryl methyl sites for hydroxylation is 1. The van der Waals surface area contributed by atoms with E-state index >= 15 is 0 Å². The molecule has 136 valence electrons. The maximum absolute atomic E-state index is 12.5. The second-order valence-corrected chi connectivity index (χ2v) is 5.87. The third-order valence-corrected chi connectivity index (χ3v) is 4.33. The monoisotopic (exact) mass is 356 g/mol. The number of benzene rings is 1. The highest BCUT2D eigenvalue weighted by Crippen LogP contribution is 2.42. The van der Waals surface area contributed by atoms with Crippen molar-refractivity contribution < 1.29 is 24.1 Å². The number of pyridine rings is 1. The molecule has 0 spiro atoms. The molecule has 0 saturated heterocycles. The number of aromatic hydroxyl groups is 1. The fourth-order valence-electron chi connectivity index (χ4n) is 3.04. The Kier molecular flexibility index (Phi) is 4.46. The van der Waals surface area contributed by atoms with Crippen LogP contribution in [-0.2, 0) is 4.79 Å². The van der Waals surface area contributed by atoms with Gasteiger partial charge in [0.1, 0.15) is 11.6 Å². The fourth-order valence-corrected chi connectivity index (χ4v) is 3.04. The van der Waals surface area contributed by atoms with Gasteiger partial charge in [0.05, 0.1) is 32.6 Å². The number of nitrogens with one attached hydrogen (secondary N) is 1. The highest BCUT2D eigenvalue weighted by molar-refractivity contribution is 6.35. The van der Waals surface area contributed by atoms with Crippen LogP contribution in [0.15, 0.2) is 12.1 Å². The maximum Gasteiger partial charge on any atom is 0.257 e. The Labute approximate surface area is 151 Å². The predicted molar refractivity (Wildman–Crippen MR) is 98.0 cm³/mol. The van der Waals surface area contributed by atoms with Crippen LogP contribution < -0.4 is 19.5 Å². The SMILES string of the molecule is COc1cc(C=C2C(=O)Nc3nc(C)c(O)c(C)c32)cc(OC)c1OC. The minimum Gasteiger partial charge on any atom is -0.506 e. The molecule has 3 rings (SSSR count). The van der Waals surface area contributed by atoms with E-state index in [4.69, 9.17) is 14.2 Å². The predicted octanol–water partition coefficient (Wildman–Crippen LogP) is 2.92. The molecule has 7 heteroatoms. The van der Waals surface area contributed by atoms with Gasteiger partial charge in [-0.1, -0.05) is 0 Å². The average Bonchev–Trinajstić information content (AvgIpc) is 2.93. The summed E-state index contributed by atoms with van der Waals surface area (Å²) >= 11 is 0. The summed E-state index contributed by atoms with van der Waals surface area (Å²) in [6.07, 6.45) is 1.70. The molecule has 2 heterocycles. The molecule has 2 aromatic rings. The van der Waals surface area contributed by atoms with Crippen LogP contribution in [0.1, 0.15) is 22.4 Å². The molecule has 0 aliphatic carbocycles. The number of nitrogens with zero attached hydrogens (tertiary/aromatic N) is 1. The van der Waals surface area contributed by atoms with E-state index in [9.17, 15) is 9.90 Å². The van der Waals surface area contributed by atoms with E-state index in [2.05, 4.69) is 10.3 Å². The standard InChI is InChI=1S/C19H20N2O5/c1-9-15-12(19(23)21-18(15)20-10(2)16(9)22)6-11-7-13(24-3)17(26-5)14(8-11)25-4/h6-8,22H,1-5H3,(H,20,21,23). The van der Waals surface area contributed by atoms with Crippen LogP contribution in [0.3, 0.4) is 0 Å². The zero-order chi connectivity index (χ0) is 19.0. The lowest BCUT2D eigenvalue weighted by Crippen LogP contribution is -2.04. The number of hydrogen-bond donors (Lipinski definition) is 2. The molecule has 0 fully saturated rings. The number of fused-ring (bicyclic) bond motifs is 1. The molecule has 7 nitrogen and oxygen atoms in total. The van der Waals surface area contributed by atoms with E-state index in [-0.39, 0.29) is 11.7 Å². The second kappa shape index (κ2) is 6.59. The Morgan fingerprint density at radius 2 is 1.69 bits per heavy atom. The number of methoxy groups -OCH3 is 3. The number of amides is 1. The second-order valence-electron chi connectivity index (χ2n) is 5.87. The zero-order valence-corrected chi connectivity index (χ0v) is 15.3. The summed E-state index contributed by atoms with van der Waals surface area (Å²) in [5.74, 6) is 1.68. The highest BCUT2D eigenvalue weighted by atomic mass is 16.5. The van der Waals surface area contributed by atoms with E-state index in [0.717, 1.165) is 0 Å². The Balaban J connectivity index is 2.19. The van der Waals surface area contributed by atoms with Crippen molar-refractivity contribution in [1.82, 2.24) is 4.98 Å². The van der Waals surface area contributed by atoms with Gasteiger partial charge in [0.15, 0.2) is 11.5 Å². The van der Waals surface area contributed by atoms with Gasteiger partial charge in [-0.25, -0.2) is 4.98 Å². The van der Waals surface area contributed by atoms with Gasteiger partial charge >= 0.3 is 0 Å². The largest absolute Gasteiger partial charge is 0.506 e. The first-order valence-corrected chi connectivity index (χ1v) is 7.94. The molecule has 2 N–H and O–H groups in total. The van der Waals surface area contributed by atoms with Gasteiger partial charge in [0.2, 0.25) is 5.75 Å². The lowest BCUT2D eigenvalue weighted by atomic mass is 9.99. The van der Waals surface area contributed by atoms with E-state index in [1.807, 2.05) is 0 Å². The number of carbonyl (C=O) groups excluding carboxylic acids is 1. The molecule has 1 amide bonds. The zero-order valence-electron chi connectivity index (χ0n) is 15.3. The van der Waals surface area contributed by atoms with Gasteiger partial charge in [-0.2, -0.15) is 0 Å². The van der Waals surface area contributed by atoms with Gasteiger partial charge in [-0.05, 0) is 37.6 Å². The van der Waals surface area contributed by atoms with Crippen LogP contribution in [0, 0.1) is 13.8 Å². The molecular formula is C19H20N2O5. The Hall–Kier alpha value is -3.22. The number of rotatable bonds is 4. The molecule has 1 aliphatic heterocycles. The maximum atomic E-state index is 12.5. The van der Waals surface area contributed by atoms with Gasteiger partial charge in [-0.3, -0.25) is 4.79 Å². The van der Waals surface area contributed by atoms with E-state index in [1.54, 1.807) is 32.1 Å². The molecule has 1 aromatic carbocycles. The first-order chi connectivity index (χ1) is 12.4. The minimum absolute atomic E-state index is 0.0797. The topological polar surface area (TPSA) is 89.9 Å². The van der Waals surface area contributed by atoms with Crippen molar-refractivity contribution in [3.05, 3.63) is 34.5 Å². The summed E-state index contributed by atoms with van der Waals surface area (Å²) in [5.41, 5.74) is 2.76. The molecule has 1 aromatic heterocycles. The van der Waals surface area contributed by atoms with Crippen molar-refractivity contribution in [1.29, 1.82) is 0 Å². The number of anilines is 1. The van der Waals surface area contributed by atoms with Crippen LogP contribution in [0.2, 0.25) is 0 Å². The normalized spacial score (nSPS) is 14.2. The van der Waals surface area contributed by atoms with Crippen LogP contribution >= 0.6 is 0 Å². The minimum atomic E-state index is -0.283. The smallest absolute Gasteiger partial charge is 0.257 e. The summed E-state index contributed by atoms with van der Waals surface area (Å²) in [6.45, 7) is 3.45. The Morgan fingerprint density at radius 1 is 1.08 bits per heavy atom. The summed E-state index contributed by atoms with van der Waals surface area (Å²) < 4.78 is 16.0. The molecule has 0 unspecified atom stereocenters. The lowest BCUT2D eigenvalue weighted by Gasteiger charge is -2.13. The van der Waals surface area contributed by atoms with Gasteiger partial charge < -0.3 is 24.6 Å². The van der Waals surface area contributed by atoms with Gasteiger partial charge in [-0.15, -0.1) is 0 Å². The highest BCUT2D eigenvalue weighted by Gasteiger charge is 2.29. The molecule has 0 saturated carbocycles. The number of ether oxygens (including phenoxy) is 3. The van der Waals surface area contributed by atoms with Crippen molar-refractivity contribution in [3.63, 3.8) is 0 Å². The fraction of sp³-hybridized carbons (Fsp3) is 0.263. The third-order valence-electron chi connectivity index (χ3n) is 4.33. The number of hydrogen-bond acceptors (Lipinski definition) is 6. The Bertz CT molecular complexity index is 909. The quantitative estimate of drug-likeness (QED) is 0.819. The molecule has 26 heavy (non-hydrogen) atoms. The molecule has 0 atom stereocenters. The molecule has 0 bridgehead atoms. The van der Waals surface area contributed by atoms with Crippen molar-refractivity contribution in [2.45, 2.75) is 13.8 Å². The molecule has 0 radical (unpaired) electrons. The Morgan fingerprint density at radius 3 is 2.23 bits per heavy atom. The first kappa shape index (κ1) is 17.6. The van der Waals surface area contributed by atoms with Gasteiger partial charge in [0.25, 0.3) is 5.91 Å². The molecule has 1 aliphatic rings. The van der Waals surface area contributed by atoms with Crippen molar-refractivity contribution in [2.24, 2.45) is 0 Å². The third kappa shape index (κ3) is 2.71. The first-order valence-electron chi connectivity index (χ1n) is 7.94. The average molecular weight is 356 g/mol. The van der Waals surface area contributed by atoms with Crippen LogP contribution in [0.25, 0.3) is 11.6 Å². The van der Waals surface area contributed by atoms with Crippen molar-refractivity contribution >= 4 is 23.4 Å². The van der Waals surface area contributed by atoms with E-state index in [0.29, 0.717) is 51.0 Å². The summed E-state index contributed by atoms with van der Waals surface area (Å²) in [7, 11) is 4.58. The summed E-state index contributed by atoms with van der Waals surface area (Å²) in [5, 5.41) is 12.9. The lowest BCUT2D eigenvalue weighted by molar-refractivity contribution is -0.110. The van der Waals surface area contributed by atoms with Crippen LogP contribution in [0.5, 0.6) is 23.0 Å². The van der Waals surface area contributed by atoms with Gasteiger partial charge in [0, 0.05) is 11.1 Å². The summed E-state index contributed by atoms with van der Waals surface area (Å²) in [4.78, 5) is 16.7. The van der Waals surface area contributed by atoms with E-state index in [1.165, 1.54) is 21.3 Å². The summed E-state index contributed by atoms with van der Waals surface area (Å²) in [6, 6.07) is 3.49. The number of aromatic nitrogens is 1. The van der Waals surface area contributed by atoms with Crippen LogP contribution in [-0.4, -0.2) is 37.3 Å². The van der Waals surface area contributed by atoms with E-state index < -0.39 is 0 Å². The number of carbonyl (C=O) groups is 1.